The maximum Gasteiger partial charge on any atom is 0.404 e. The number of ether oxygens (including phenoxy) is 2. The van der Waals surface area contributed by atoms with Crippen molar-refractivity contribution in [2.24, 2.45) is 0 Å². The van der Waals surface area contributed by atoms with Crippen molar-refractivity contribution in [2.45, 2.75) is 51.9 Å². The molecule has 0 saturated heterocycles. The van der Waals surface area contributed by atoms with E-state index in [1.165, 1.54) is 6.92 Å². The van der Waals surface area contributed by atoms with Gasteiger partial charge in [0, 0.05) is 13.0 Å². The minimum Gasteiger partial charge on any atom is -0.543 e. The van der Waals surface area contributed by atoms with Gasteiger partial charge in [0.2, 0.25) is 8.32 Å². The summed E-state index contributed by atoms with van der Waals surface area (Å²) in [5, 5.41) is 0.109. The Balaban J connectivity index is 2.22. The number of rotatable bonds is 2. The van der Waals surface area contributed by atoms with Crippen molar-refractivity contribution in [3.8, 4) is 17.2 Å². The number of benzene rings is 1. The second-order valence-electron chi connectivity index (χ2n) is 6.51. The topological polar surface area (TPSA) is 27.7 Å². The Morgan fingerprint density at radius 2 is 1.74 bits per heavy atom. The van der Waals surface area contributed by atoms with Gasteiger partial charge < -0.3 is 13.9 Å². The van der Waals surface area contributed by atoms with Crippen LogP contribution in [0.2, 0.25) is 18.1 Å². The molecule has 2 rings (SSSR count). The fraction of sp³-hybridized carbons (Fsp3) is 0.571. The number of fused-ring (bicyclic) bond motifs is 1. The lowest BCUT2D eigenvalue weighted by Gasteiger charge is -2.36. The SMILES string of the molecule is CC1(F)Oc2ccc(O[Si](C)(C)C(C)(C)C)cc2O1. The van der Waals surface area contributed by atoms with Crippen LogP contribution >= 0.6 is 0 Å². The zero-order chi connectivity index (χ0) is 14.5. The Kier molecular flexibility index (Phi) is 3.08. The molecule has 3 nitrogen and oxygen atoms in total. The normalized spacial score (nSPS) is 22.5. The highest BCUT2D eigenvalue weighted by Gasteiger charge is 2.40. The highest BCUT2D eigenvalue weighted by molar-refractivity contribution is 6.74. The Morgan fingerprint density at radius 1 is 1.16 bits per heavy atom. The van der Waals surface area contributed by atoms with E-state index in [0.717, 1.165) is 0 Å². The van der Waals surface area contributed by atoms with Crippen LogP contribution in [0.4, 0.5) is 4.39 Å². The molecule has 0 radical (unpaired) electrons. The molecule has 1 aromatic rings. The third-order valence-corrected chi connectivity index (χ3v) is 8.04. The molecule has 0 saturated carbocycles. The van der Waals surface area contributed by atoms with Gasteiger partial charge in [0.05, 0.1) is 0 Å². The first-order valence-electron chi connectivity index (χ1n) is 6.40. The van der Waals surface area contributed by atoms with E-state index in [-0.39, 0.29) is 5.04 Å². The Bertz CT molecular complexity index is 492. The van der Waals surface area contributed by atoms with Gasteiger partial charge >= 0.3 is 6.04 Å². The molecule has 1 unspecified atom stereocenters. The van der Waals surface area contributed by atoms with Gasteiger partial charge in [-0.2, -0.15) is 4.39 Å². The van der Waals surface area contributed by atoms with Gasteiger partial charge in [0.1, 0.15) is 5.75 Å². The van der Waals surface area contributed by atoms with Crippen LogP contribution in [0.5, 0.6) is 17.2 Å². The summed E-state index contributed by atoms with van der Waals surface area (Å²) in [7, 11) is -1.90. The molecule has 1 aromatic carbocycles. The number of hydrogen-bond acceptors (Lipinski definition) is 3. The van der Waals surface area contributed by atoms with Crippen molar-refractivity contribution >= 4 is 8.32 Å². The van der Waals surface area contributed by atoms with Gasteiger partial charge in [0.15, 0.2) is 11.5 Å². The van der Waals surface area contributed by atoms with Gasteiger partial charge in [-0.1, -0.05) is 20.8 Å². The minimum absolute atomic E-state index is 0.109. The van der Waals surface area contributed by atoms with E-state index in [0.29, 0.717) is 17.2 Å². The third-order valence-electron chi connectivity index (χ3n) is 3.68. The van der Waals surface area contributed by atoms with Crippen molar-refractivity contribution in [1.29, 1.82) is 0 Å². The molecule has 106 valence electrons. The molecular formula is C14H21FO3Si. The minimum atomic E-state index is -2.09. The zero-order valence-corrected chi connectivity index (χ0v) is 13.3. The molecule has 1 aliphatic rings. The van der Waals surface area contributed by atoms with Crippen LogP contribution in [0.15, 0.2) is 18.2 Å². The maximum atomic E-state index is 13.6. The summed E-state index contributed by atoms with van der Waals surface area (Å²) < 4.78 is 29.8. The van der Waals surface area contributed by atoms with Gasteiger partial charge in [-0.25, -0.2) is 0 Å². The summed E-state index contributed by atoms with van der Waals surface area (Å²) in [6.45, 7) is 12.1. The van der Waals surface area contributed by atoms with Crippen LogP contribution in [0.3, 0.4) is 0 Å². The van der Waals surface area contributed by atoms with Crippen molar-refractivity contribution in [3.05, 3.63) is 18.2 Å². The van der Waals surface area contributed by atoms with Crippen LogP contribution in [0, 0.1) is 0 Å². The maximum absolute atomic E-state index is 13.6. The molecule has 0 spiro atoms. The molecule has 0 fully saturated rings. The average molecular weight is 284 g/mol. The number of alkyl halides is 1. The summed E-state index contributed by atoms with van der Waals surface area (Å²) in [4.78, 5) is 0. The van der Waals surface area contributed by atoms with E-state index < -0.39 is 14.4 Å². The summed E-state index contributed by atoms with van der Waals surface area (Å²) in [5.41, 5.74) is 0. The summed E-state index contributed by atoms with van der Waals surface area (Å²) in [5.74, 6) is 1.50. The number of hydrogen-bond donors (Lipinski definition) is 0. The molecule has 1 aliphatic heterocycles. The predicted molar refractivity (Wildman–Crippen MR) is 75.0 cm³/mol. The first kappa shape index (κ1) is 14.2. The fourth-order valence-electron chi connectivity index (χ4n) is 1.58. The van der Waals surface area contributed by atoms with E-state index in [2.05, 4.69) is 33.9 Å². The fourth-order valence-corrected chi connectivity index (χ4v) is 2.60. The van der Waals surface area contributed by atoms with E-state index in [4.69, 9.17) is 13.9 Å². The molecule has 0 aromatic heterocycles. The molecule has 0 aliphatic carbocycles. The molecule has 0 N–H and O–H groups in total. The molecule has 5 heteroatoms. The summed E-state index contributed by atoms with van der Waals surface area (Å²) >= 11 is 0. The van der Waals surface area contributed by atoms with Crippen molar-refractivity contribution < 1.29 is 18.3 Å². The highest BCUT2D eigenvalue weighted by atomic mass is 28.4. The van der Waals surface area contributed by atoms with Gasteiger partial charge in [-0.3, -0.25) is 0 Å². The van der Waals surface area contributed by atoms with E-state index in [1.807, 2.05) is 0 Å². The van der Waals surface area contributed by atoms with E-state index in [1.54, 1.807) is 18.2 Å². The quantitative estimate of drug-likeness (QED) is 0.749. The molecule has 19 heavy (non-hydrogen) atoms. The van der Waals surface area contributed by atoms with Crippen molar-refractivity contribution in [2.75, 3.05) is 0 Å². The smallest absolute Gasteiger partial charge is 0.404 e. The second kappa shape index (κ2) is 4.13. The Labute approximate surface area is 114 Å². The first-order valence-corrected chi connectivity index (χ1v) is 9.31. The lowest BCUT2D eigenvalue weighted by atomic mass is 10.2. The van der Waals surface area contributed by atoms with Crippen LogP contribution in [0.1, 0.15) is 27.7 Å². The average Bonchev–Trinajstić information content (AvgIpc) is 2.48. The molecular weight excluding hydrogens is 263 g/mol. The Hall–Kier alpha value is -1.23. The standard InChI is InChI=1S/C14H21FO3Si/c1-13(2,3)19(5,6)18-10-7-8-11-12(9-10)17-14(4,15)16-11/h7-9H,1-6H3. The summed E-state index contributed by atoms with van der Waals surface area (Å²) in [6.07, 6.45) is 0. The molecule has 0 amide bonds. The van der Waals surface area contributed by atoms with Crippen LogP contribution in [-0.4, -0.2) is 14.4 Å². The largest absolute Gasteiger partial charge is 0.543 e. The molecule has 0 bridgehead atoms. The summed E-state index contributed by atoms with van der Waals surface area (Å²) in [6, 6.07) is 3.09. The van der Waals surface area contributed by atoms with Crippen LogP contribution in [-0.2, 0) is 0 Å². The lowest BCUT2D eigenvalue weighted by molar-refractivity contribution is -0.173. The monoisotopic (exact) mass is 284 g/mol. The van der Waals surface area contributed by atoms with Gasteiger partial charge in [-0.15, -0.1) is 0 Å². The van der Waals surface area contributed by atoms with Gasteiger partial charge in [-0.05, 0) is 30.3 Å². The molecule has 1 heterocycles. The second-order valence-corrected chi connectivity index (χ2v) is 11.2. The third kappa shape index (κ3) is 2.86. The van der Waals surface area contributed by atoms with Gasteiger partial charge in [0.25, 0.3) is 0 Å². The van der Waals surface area contributed by atoms with E-state index in [9.17, 15) is 4.39 Å². The zero-order valence-electron chi connectivity index (χ0n) is 12.3. The molecule has 1 atom stereocenters. The van der Waals surface area contributed by atoms with Crippen LogP contribution in [0.25, 0.3) is 0 Å². The van der Waals surface area contributed by atoms with Crippen LogP contribution < -0.4 is 13.9 Å². The Morgan fingerprint density at radius 3 is 2.32 bits per heavy atom. The van der Waals surface area contributed by atoms with Crippen molar-refractivity contribution in [1.82, 2.24) is 0 Å². The number of halogens is 1. The predicted octanol–water partition coefficient (Wildman–Crippen LogP) is 4.49. The highest BCUT2D eigenvalue weighted by Crippen LogP contribution is 2.44. The first-order chi connectivity index (χ1) is 8.50. The van der Waals surface area contributed by atoms with Crippen molar-refractivity contribution in [3.63, 3.8) is 0 Å². The van der Waals surface area contributed by atoms with E-state index >= 15 is 0 Å². The lowest BCUT2D eigenvalue weighted by Crippen LogP contribution is -2.43.